The van der Waals surface area contributed by atoms with Crippen molar-refractivity contribution in [3.05, 3.63) is 66.2 Å². The van der Waals surface area contributed by atoms with Gasteiger partial charge < -0.3 is 14.4 Å². The summed E-state index contributed by atoms with van der Waals surface area (Å²) >= 11 is 0. The van der Waals surface area contributed by atoms with Gasteiger partial charge in [-0.2, -0.15) is 0 Å². The van der Waals surface area contributed by atoms with Crippen LogP contribution < -0.4 is 4.90 Å². The molecule has 0 amide bonds. The summed E-state index contributed by atoms with van der Waals surface area (Å²) in [6.45, 7) is 2.53. The molecule has 0 bridgehead atoms. The molecule has 0 radical (unpaired) electrons. The Morgan fingerprint density at radius 1 is 1.14 bits per heavy atom. The molecular weight excluding hydrogens is 278 g/mol. The van der Waals surface area contributed by atoms with Gasteiger partial charge in [0.15, 0.2) is 6.10 Å². The maximum atomic E-state index is 12.2. The Morgan fingerprint density at radius 2 is 1.77 bits per heavy atom. The maximum Gasteiger partial charge on any atom is 0.337 e. The van der Waals surface area contributed by atoms with Gasteiger partial charge >= 0.3 is 5.97 Å². The lowest BCUT2D eigenvalue weighted by molar-refractivity contribution is -0.154. The first-order valence-corrected chi connectivity index (χ1v) is 7.46. The number of para-hydroxylation sites is 1. The number of benzene rings is 2. The van der Waals surface area contributed by atoms with Gasteiger partial charge in [-0.15, -0.1) is 0 Å². The molecule has 1 saturated heterocycles. The van der Waals surface area contributed by atoms with Crippen molar-refractivity contribution in [1.82, 2.24) is 0 Å². The quantitative estimate of drug-likeness (QED) is 0.813. The molecule has 2 aromatic rings. The molecule has 2 aromatic carbocycles. The number of hydrogen-bond acceptors (Lipinski definition) is 4. The van der Waals surface area contributed by atoms with Crippen molar-refractivity contribution in [2.45, 2.75) is 19.1 Å². The van der Waals surface area contributed by atoms with Crippen molar-refractivity contribution >= 4 is 11.7 Å². The Kier molecular flexibility index (Phi) is 4.39. The van der Waals surface area contributed by atoms with Crippen molar-refractivity contribution < 1.29 is 14.3 Å². The molecule has 4 heteroatoms. The minimum absolute atomic E-state index is 0.178. The third kappa shape index (κ3) is 2.83. The van der Waals surface area contributed by atoms with Crippen LogP contribution in [-0.2, 0) is 14.3 Å². The molecule has 0 unspecified atom stereocenters. The molecule has 0 N–H and O–H groups in total. The largest absolute Gasteiger partial charge is 0.464 e. The summed E-state index contributed by atoms with van der Waals surface area (Å²) in [5.74, 6) is -0.310. The number of esters is 1. The number of anilines is 1. The minimum Gasteiger partial charge on any atom is -0.464 e. The Balaban J connectivity index is 1.95. The van der Waals surface area contributed by atoms with Crippen LogP contribution in [0.25, 0.3) is 0 Å². The fourth-order valence-electron chi connectivity index (χ4n) is 2.78. The monoisotopic (exact) mass is 297 g/mol. The second-order valence-electron chi connectivity index (χ2n) is 5.13. The van der Waals surface area contributed by atoms with Crippen LogP contribution in [0.5, 0.6) is 0 Å². The summed E-state index contributed by atoms with van der Waals surface area (Å²) in [4.78, 5) is 14.3. The second-order valence-corrected chi connectivity index (χ2v) is 5.13. The number of rotatable bonds is 4. The summed E-state index contributed by atoms with van der Waals surface area (Å²) in [5, 5.41) is 0. The zero-order valence-corrected chi connectivity index (χ0v) is 12.5. The third-order valence-corrected chi connectivity index (χ3v) is 3.76. The fraction of sp³-hybridized carbons (Fsp3) is 0.278. The maximum absolute atomic E-state index is 12.2. The normalized spacial score (nSPS) is 20.9. The van der Waals surface area contributed by atoms with E-state index in [4.69, 9.17) is 9.47 Å². The van der Waals surface area contributed by atoms with Crippen LogP contribution in [0.1, 0.15) is 18.5 Å². The smallest absolute Gasteiger partial charge is 0.337 e. The van der Waals surface area contributed by atoms with Crippen LogP contribution in [-0.4, -0.2) is 25.4 Å². The van der Waals surface area contributed by atoms with Crippen LogP contribution in [0.3, 0.4) is 0 Å². The summed E-state index contributed by atoms with van der Waals surface area (Å²) in [6.07, 6.45) is -0.609. The molecule has 0 spiro atoms. The van der Waals surface area contributed by atoms with Crippen LogP contribution in [0.4, 0.5) is 5.69 Å². The number of carbonyl (C=O) groups is 1. The molecular formula is C18H19NO3. The van der Waals surface area contributed by atoms with Crippen LogP contribution >= 0.6 is 0 Å². The summed E-state index contributed by atoms with van der Waals surface area (Å²) in [7, 11) is 0. The molecule has 4 nitrogen and oxygen atoms in total. The first-order valence-electron chi connectivity index (χ1n) is 7.46. The van der Waals surface area contributed by atoms with Crippen LogP contribution in [0.15, 0.2) is 60.7 Å². The lowest BCUT2D eigenvalue weighted by Crippen LogP contribution is -2.33. The number of carbonyl (C=O) groups excluding carboxylic acids is 1. The van der Waals surface area contributed by atoms with Gasteiger partial charge in [-0.05, 0) is 24.6 Å². The first-order chi connectivity index (χ1) is 10.8. The fourth-order valence-corrected chi connectivity index (χ4v) is 2.78. The van der Waals surface area contributed by atoms with E-state index in [1.165, 1.54) is 0 Å². The van der Waals surface area contributed by atoms with E-state index in [0.717, 1.165) is 11.3 Å². The number of nitrogens with zero attached hydrogens (tertiary/aromatic N) is 1. The standard InChI is InChI=1S/C18H19NO3/c1-2-21-18(20)17-16(14-9-5-3-6-10-14)19(13-22-17)15-11-7-4-8-12-15/h3-12,16-17H,2,13H2,1H3/t16-,17-/m1/s1. The molecule has 2 atom stereocenters. The lowest BCUT2D eigenvalue weighted by Gasteiger charge is -2.27. The Hall–Kier alpha value is -2.33. The second kappa shape index (κ2) is 6.62. The molecule has 0 aliphatic carbocycles. The third-order valence-electron chi connectivity index (χ3n) is 3.76. The molecule has 1 aliphatic rings. The molecule has 0 aromatic heterocycles. The highest BCUT2D eigenvalue weighted by molar-refractivity contribution is 5.77. The van der Waals surface area contributed by atoms with E-state index in [1.54, 1.807) is 6.92 Å². The minimum atomic E-state index is -0.609. The number of ether oxygens (including phenoxy) is 2. The molecule has 1 aliphatic heterocycles. The van der Waals surface area contributed by atoms with E-state index < -0.39 is 6.10 Å². The highest BCUT2D eigenvalue weighted by Crippen LogP contribution is 2.36. The SMILES string of the molecule is CCOC(=O)[C@@H]1OCN(c2ccccc2)[C@@H]1c1ccccc1. The zero-order valence-electron chi connectivity index (χ0n) is 12.5. The van der Waals surface area contributed by atoms with E-state index in [9.17, 15) is 4.79 Å². The van der Waals surface area contributed by atoms with E-state index in [2.05, 4.69) is 4.90 Å². The van der Waals surface area contributed by atoms with Crippen molar-refractivity contribution in [1.29, 1.82) is 0 Å². The highest BCUT2D eigenvalue weighted by Gasteiger charge is 2.41. The van der Waals surface area contributed by atoms with Crippen molar-refractivity contribution in [3.63, 3.8) is 0 Å². The molecule has 1 fully saturated rings. The van der Waals surface area contributed by atoms with Gasteiger partial charge in [0, 0.05) is 5.69 Å². The zero-order chi connectivity index (χ0) is 15.4. The average molecular weight is 297 g/mol. The Bertz CT molecular complexity index is 615. The van der Waals surface area contributed by atoms with Gasteiger partial charge in [-0.3, -0.25) is 0 Å². The number of hydrogen-bond donors (Lipinski definition) is 0. The van der Waals surface area contributed by atoms with Gasteiger partial charge in [0.25, 0.3) is 0 Å². The van der Waals surface area contributed by atoms with Gasteiger partial charge in [-0.1, -0.05) is 48.5 Å². The average Bonchev–Trinajstić information content (AvgIpc) is 3.02. The molecule has 22 heavy (non-hydrogen) atoms. The Morgan fingerprint density at radius 3 is 2.41 bits per heavy atom. The van der Waals surface area contributed by atoms with Crippen LogP contribution in [0, 0.1) is 0 Å². The van der Waals surface area contributed by atoms with Gasteiger partial charge in [0.2, 0.25) is 0 Å². The van der Waals surface area contributed by atoms with Crippen molar-refractivity contribution in [3.8, 4) is 0 Å². The molecule has 0 saturated carbocycles. The molecule has 114 valence electrons. The van der Waals surface area contributed by atoms with E-state index in [0.29, 0.717) is 13.3 Å². The topological polar surface area (TPSA) is 38.8 Å². The van der Waals surface area contributed by atoms with E-state index in [1.807, 2.05) is 60.7 Å². The van der Waals surface area contributed by atoms with Gasteiger partial charge in [0.1, 0.15) is 6.73 Å². The lowest BCUT2D eigenvalue weighted by atomic mass is 10.0. The first kappa shape index (κ1) is 14.6. The molecule has 1 heterocycles. The summed E-state index contributed by atoms with van der Waals surface area (Å²) in [6, 6.07) is 19.7. The van der Waals surface area contributed by atoms with Gasteiger partial charge in [0.05, 0.1) is 12.6 Å². The Labute approximate surface area is 130 Å². The van der Waals surface area contributed by atoms with E-state index >= 15 is 0 Å². The highest BCUT2D eigenvalue weighted by atomic mass is 16.6. The van der Waals surface area contributed by atoms with Gasteiger partial charge in [-0.25, -0.2) is 4.79 Å². The van der Waals surface area contributed by atoms with Crippen molar-refractivity contribution in [2.24, 2.45) is 0 Å². The summed E-state index contributed by atoms with van der Waals surface area (Å²) < 4.78 is 10.9. The predicted molar refractivity (Wildman–Crippen MR) is 84.5 cm³/mol. The summed E-state index contributed by atoms with van der Waals surface area (Å²) in [5.41, 5.74) is 2.07. The van der Waals surface area contributed by atoms with Crippen molar-refractivity contribution in [2.75, 3.05) is 18.2 Å². The van der Waals surface area contributed by atoms with Crippen LogP contribution in [0.2, 0.25) is 0 Å². The molecule has 3 rings (SSSR count). The van der Waals surface area contributed by atoms with E-state index in [-0.39, 0.29) is 12.0 Å². The predicted octanol–water partition coefficient (Wildman–Crippen LogP) is 3.15.